The van der Waals surface area contributed by atoms with E-state index in [0.29, 0.717) is 5.82 Å². The van der Waals surface area contributed by atoms with Gasteiger partial charge in [0.2, 0.25) is 0 Å². The van der Waals surface area contributed by atoms with Crippen LogP contribution in [-0.2, 0) is 13.0 Å². The fraction of sp³-hybridized carbons (Fsp3) is 0.286. The summed E-state index contributed by atoms with van der Waals surface area (Å²) in [6, 6.07) is 8.42. The fourth-order valence-electron chi connectivity index (χ4n) is 2.45. The van der Waals surface area contributed by atoms with E-state index in [1.807, 2.05) is 6.07 Å². The van der Waals surface area contributed by atoms with Crippen LogP contribution in [0.15, 0.2) is 41.5 Å². The summed E-state index contributed by atoms with van der Waals surface area (Å²) in [4.78, 5) is 20.7. The van der Waals surface area contributed by atoms with Crippen molar-refractivity contribution < 1.29 is 0 Å². The van der Waals surface area contributed by atoms with Crippen LogP contribution in [0.3, 0.4) is 0 Å². The second-order valence-electron chi connectivity index (χ2n) is 4.54. The molecule has 1 aliphatic heterocycles. The molecule has 0 spiro atoms. The van der Waals surface area contributed by atoms with Crippen LogP contribution in [0, 0.1) is 0 Å². The van der Waals surface area contributed by atoms with Gasteiger partial charge in [-0.2, -0.15) is 0 Å². The maximum absolute atomic E-state index is 11.8. The van der Waals surface area contributed by atoms with Crippen LogP contribution in [0.1, 0.15) is 17.5 Å². The van der Waals surface area contributed by atoms with Crippen molar-refractivity contribution in [1.29, 1.82) is 0 Å². The quantitative estimate of drug-likeness (QED) is 0.827. The van der Waals surface area contributed by atoms with Crippen molar-refractivity contribution in [3.63, 3.8) is 0 Å². The Morgan fingerprint density at radius 3 is 2.89 bits per heavy atom. The molecule has 92 valence electrons. The SMILES string of the molecule is O=c1[nH]ccnc1N1CCCc2ccccc2C1. The van der Waals surface area contributed by atoms with Crippen LogP contribution in [0.25, 0.3) is 0 Å². The summed E-state index contributed by atoms with van der Waals surface area (Å²) < 4.78 is 0. The molecule has 4 nitrogen and oxygen atoms in total. The molecule has 0 fully saturated rings. The lowest BCUT2D eigenvalue weighted by Crippen LogP contribution is -2.29. The van der Waals surface area contributed by atoms with Gasteiger partial charge in [0.1, 0.15) is 0 Å². The molecule has 1 aliphatic rings. The minimum absolute atomic E-state index is 0.114. The van der Waals surface area contributed by atoms with Crippen molar-refractivity contribution in [2.75, 3.05) is 11.4 Å². The van der Waals surface area contributed by atoms with E-state index >= 15 is 0 Å². The predicted molar refractivity (Wildman–Crippen MR) is 70.7 cm³/mol. The third-order valence-corrected chi connectivity index (χ3v) is 3.34. The zero-order valence-corrected chi connectivity index (χ0v) is 10.1. The van der Waals surface area contributed by atoms with E-state index in [-0.39, 0.29) is 5.56 Å². The Hall–Kier alpha value is -2.10. The molecular weight excluding hydrogens is 226 g/mol. The van der Waals surface area contributed by atoms with E-state index in [4.69, 9.17) is 0 Å². The molecule has 0 bridgehead atoms. The molecule has 4 heteroatoms. The third kappa shape index (κ3) is 2.01. The van der Waals surface area contributed by atoms with Crippen molar-refractivity contribution in [2.24, 2.45) is 0 Å². The van der Waals surface area contributed by atoms with Crippen molar-refractivity contribution in [3.8, 4) is 0 Å². The van der Waals surface area contributed by atoms with Gasteiger partial charge in [-0.3, -0.25) is 4.79 Å². The molecule has 0 amide bonds. The molecule has 1 aromatic heterocycles. The lowest BCUT2D eigenvalue weighted by atomic mass is 10.0. The van der Waals surface area contributed by atoms with Crippen LogP contribution in [-0.4, -0.2) is 16.5 Å². The normalized spacial score (nSPS) is 15.0. The number of hydrogen-bond donors (Lipinski definition) is 1. The van der Waals surface area contributed by atoms with Gasteiger partial charge < -0.3 is 9.88 Å². The Morgan fingerprint density at radius 2 is 2.06 bits per heavy atom. The van der Waals surface area contributed by atoms with Gasteiger partial charge in [-0.1, -0.05) is 24.3 Å². The first-order chi connectivity index (χ1) is 8.84. The number of aryl methyl sites for hydroxylation is 1. The number of aromatic amines is 1. The van der Waals surface area contributed by atoms with Gasteiger partial charge in [0, 0.05) is 25.5 Å². The molecule has 0 unspecified atom stereocenters. The van der Waals surface area contributed by atoms with Gasteiger partial charge in [0.15, 0.2) is 5.82 Å². The number of fused-ring (bicyclic) bond motifs is 1. The minimum Gasteiger partial charge on any atom is -0.348 e. The number of anilines is 1. The maximum Gasteiger partial charge on any atom is 0.290 e. The Bertz CT molecular complexity index is 606. The van der Waals surface area contributed by atoms with Gasteiger partial charge in [-0.05, 0) is 24.0 Å². The summed E-state index contributed by atoms with van der Waals surface area (Å²) >= 11 is 0. The van der Waals surface area contributed by atoms with Gasteiger partial charge in [-0.15, -0.1) is 0 Å². The molecular formula is C14H15N3O. The lowest BCUT2D eigenvalue weighted by molar-refractivity contribution is 0.747. The Labute approximate surface area is 105 Å². The van der Waals surface area contributed by atoms with E-state index in [1.165, 1.54) is 11.1 Å². The molecule has 3 rings (SSSR count). The molecule has 0 radical (unpaired) electrons. The minimum atomic E-state index is -0.114. The highest BCUT2D eigenvalue weighted by Gasteiger charge is 2.17. The number of benzene rings is 1. The molecule has 0 aliphatic carbocycles. The van der Waals surface area contributed by atoms with Gasteiger partial charge in [0.25, 0.3) is 5.56 Å². The summed E-state index contributed by atoms with van der Waals surface area (Å²) in [7, 11) is 0. The molecule has 1 N–H and O–H groups in total. The highest BCUT2D eigenvalue weighted by Crippen LogP contribution is 2.20. The predicted octanol–water partition coefficient (Wildman–Crippen LogP) is 1.72. The van der Waals surface area contributed by atoms with Crippen LogP contribution in [0.2, 0.25) is 0 Å². The highest BCUT2D eigenvalue weighted by atomic mass is 16.1. The molecule has 2 heterocycles. The summed E-state index contributed by atoms with van der Waals surface area (Å²) in [5, 5.41) is 0. The second-order valence-corrected chi connectivity index (χ2v) is 4.54. The zero-order valence-electron chi connectivity index (χ0n) is 10.1. The number of rotatable bonds is 1. The zero-order chi connectivity index (χ0) is 12.4. The van der Waals surface area contributed by atoms with E-state index in [0.717, 1.165) is 25.9 Å². The van der Waals surface area contributed by atoms with E-state index in [9.17, 15) is 4.79 Å². The average Bonchev–Trinajstić information content (AvgIpc) is 2.61. The number of hydrogen-bond acceptors (Lipinski definition) is 3. The first kappa shape index (κ1) is 11.0. The van der Waals surface area contributed by atoms with E-state index in [2.05, 4.69) is 33.1 Å². The Morgan fingerprint density at radius 1 is 1.22 bits per heavy atom. The largest absolute Gasteiger partial charge is 0.348 e. The summed E-state index contributed by atoms with van der Waals surface area (Å²) in [5.41, 5.74) is 2.56. The standard InChI is InChI=1S/C14H15N3O/c18-14-13(15-7-8-16-14)17-9-3-6-11-4-1-2-5-12(11)10-17/h1-2,4-5,7-8H,3,6,9-10H2,(H,16,18). The molecule has 0 saturated heterocycles. The van der Waals surface area contributed by atoms with Crippen LogP contribution < -0.4 is 10.5 Å². The van der Waals surface area contributed by atoms with Crippen LogP contribution in [0.5, 0.6) is 0 Å². The van der Waals surface area contributed by atoms with E-state index in [1.54, 1.807) is 12.4 Å². The second kappa shape index (κ2) is 4.64. The maximum atomic E-state index is 11.8. The van der Waals surface area contributed by atoms with Gasteiger partial charge in [0.05, 0.1) is 0 Å². The molecule has 0 atom stereocenters. The third-order valence-electron chi connectivity index (χ3n) is 3.34. The number of H-pyrrole nitrogens is 1. The summed E-state index contributed by atoms with van der Waals surface area (Å²) in [5.74, 6) is 0.522. The smallest absolute Gasteiger partial charge is 0.290 e. The monoisotopic (exact) mass is 241 g/mol. The van der Waals surface area contributed by atoms with Gasteiger partial charge in [-0.25, -0.2) is 4.98 Å². The van der Waals surface area contributed by atoms with Crippen molar-refractivity contribution in [1.82, 2.24) is 9.97 Å². The Kier molecular flexibility index (Phi) is 2.84. The average molecular weight is 241 g/mol. The van der Waals surface area contributed by atoms with Crippen molar-refractivity contribution in [2.45, 2.75) is 19.4 Å². The summed E-state index contributed by atoms with van der Waals surface area (Å²) in [6.07, 6.45) is 5.32. The van der Waals surface area contributed by atoms with Gasteiger partial charge >= 0.3 is 0 Å². The first-order valence-corrected chi connectivity index (χ1v) is 6.20. The van der Waals surface area contributed by atoms with E-state index < -0.39 is 0 Å². The number of aromatic nitrogens is 2. The number of nitrogens with one attached hydrogen (secondary N) is 1. The topological polar surface area (TPSA) is 49.0 Å². The fourth-order valence-corrected chi connectivity index (χ4v) is 2.45. The molecule has 18 heavy (non-hydrogen) atoms. The number of nitrogens with zero attached hydrogens (tertiary/aromatic N) is 2. The van der Waals surface area contributed by atoms with Crippen molar-refractivity contribution in [3.05, 3.63) is 58.1 Å². The lowest BCUT2D eigenvalue weighted by Gasteiger charge is -2.20. The first-order valence-electron chi connectivity index (χ1n) is 6.20. The molecule has 0 saturated carbocycles. The molecule has 1 aromatic carbocycles. The van der Waals surface area contributed by atoms with Crippen LogP contribution in [0.4, 0.5) is 5.82 Å². The Balaban J connectivity index is 1.97. The van der Waals surface area contributed by atoms with Crippen LogP contribution >= 0.6 is 0 Å². The summed E-state index contributed by atoms with van der Waals surface area (Å²) in [6.45, 7) is 1.63. The molecule has 2 aromatic rings. The van der Waals surface area contributed by atoms with Crippen molar-refractivity contribution >= 4 is 5.82 Å². The highest BCUT2D eigenvalue weighted by molar-refractivity contribution is 5.40.